The second-order valence-electron chi connectivity index (χ2n) is 3.39. The predicted octanol–water partition coefficient (Wildman–Crippen LogP) is 1.36. The molecule has 4 nitrogen and oxygen atoms in total. The van der Waals surface area contributed by atoms with Crippen molar-refractivity contribution in [1.82, 2.24) is 4.90 Å². The lowest BCUT2D eigenvalue weighted by Crippen LogP contribution is -2.49. The molecule has 1 unspecified atom stereocenters. The fourth-order valence-electron chi connectivity index (χ4n) is 1.60. The largest absolute Gasteiger partial charge is 0.472 e. The van der Waals surface area contributed by atoms with E-state index in [-0.39, 0.29) is 11.9 Å². The maximum atomic E-state index is 12.0. The van der Waals surface area contributed by atoms with Crippen molar-refractivity contribution in [2.75, 3.05) is 25.6 Å². The Labute approximate surface area is 92.7 Å². The van der Waals surface area contributed by atoms with Gasteiger partial charge in [0.25, 0.3) is 5.91 Å². The zero-order valence-electron chi connectivity index (χ0n) is 8.19. The van der Waals surface area contributed by atoms with Crippen molar-refractivity contribution in [3.63, 3.8) is 0 Å². The Morgan fingerprint density at radius 1 is 1.67 bits per heavy atom. The first-order valence-electron chi connectivity index (χ1n) is 4.80. The summed E-state index contributed by atoms with van der Waals surface area (Å²) in [7, 11) is 0. The average Bonchev–Trinajstić information content (AvgIpc) is 2.81. The third kappa shape index (κ3) is 2.16. The lowest BCUT2D eigenvalue weighted by Gasteiger charge is -2.34. The summed E-state index contributed by atoms with van der Waals surface area (Å²) in [4.78, 5) is 13.7. The molecule has 1 aromatic heterocycles. The van der Waals surface area contributed by atoms with E-state index in [1.807, 2.05) is 0 Å². The number of hydrogen-bond acceptors (Lipinski definition) is 3. The van der Waals surface area contributed by atoms with Crippen LogP contribution < -0.4 is 0 Å². The van der Waals surface area contributed by atoms with Gasteiger partial charge in [0.05, 0.1) is 31.1 Å². The lowest BCUT2D eigenvalue weighted by molar-refractivity contribution is 0.00452. The van der Waals surface area contributed by atoms with Crippen LogP contribution in [0.15, 0.2) is 23.0 Å². The maximum Gasteiger partial charge on any atom is 0.257 e. The summed E-state index contributed by atoms with van der Waals surface area (Å²) in [6.07, 6.45) is 2.94. The van der Waals surface area contributed by atoms with E-state index in [1.165, 1.54) is 12.5 Å². The molecule has 0 radical (unpaired) electrons. The molecule has 1 atom stereocenters. The second-order valence-corrected chi connectivity index (χ2v) is 3.70. The van der Waals surface area contributed by atoms with Crippen LogP contribution in [0.4, 0.5) is 0 Å². The van der Waals surface area contributed by atoms with E-state index in [0.717, 1.165) is 0 Å². The van der Waals surface area contributed by atoms with Gasteiger partial charge in [0, 0.05) is 12.4 Å². The number of morpholine rings is 1. The number of ether oxygens (including phenoxy) is 1. The molecule has 0 aromatic carbocycles. The van der Waals surface area contributed by atoms with Gasteiger partial charge in [0.2, 0.25) is 0 Å². The molecule has 2 heterocycles. The number of carbonyl (C=O) groups excluding carboxylic acids is 1. The van der Waals surface area contributed by atoms with Gasteiger partial charge in [-0.2, -0.15) is 0 Å². The number of halogens is 1. The second kappa shape index (κ2) is 4.68. The summed E-state index contributed by atoms with van der Waals surface area (Å²) in [5.74, 6) is 0.349. The van der Waals surface area contributed by atoms with Gasteiger partial charge >= 0.3 is 0 Å². The lowest BCUT2D eigenvalue weighted by atomic mass is 10.2. The highest BCUT2D eigenvalue weighted by atomic mass is 35.5. The van der Waals surface area contributed by atoms with E-state index in [9.17, 15) is 4.79 Å². The molecule has 2 rings (SSSR count). The quantitative estimate of drug-likeness (QED) is 0.720. The molecule has 5 heteroatoms. The summed E-state index contributed by atoms with van der Waals surface area (Å²) < 4.78 is 10.2. The SMILES string of the molecule is O=C(c1ccoc1)N1CCOCC1CCl. The first-order valence-corrected chi connectivity index (χ1v) is 5.33. The summed E-state index contributed by atoms with van der Waals surface area (Å²) in [5, 5.41) is 0. The normalized spacial score (nSPS) is 21.7. The van der Waals surface area contributed by atoms with Crippen LogP contribution in [0.3, 0.4) is 0 Å². The molecule has 1 aliphatic heterocycles. The summed E-state index contributed by atoms with van der Waals surface area (Å²) in [6.45, 7) is 1.66. The Hall–Kier alpha value is -1.00. The number of nitrogens with zero attached hydrogens (tertiary/aromatic N) is 1. The van der Waals surface area contributed by atoms with Gasteiger partial charge < -0.3 is 14.1 Å². The monoisotopic (exact) mass is 229 g/mol. The molecule has 82 valence electrons. The van der Waals surface area contributed by atoms with Crippen LogP contribution in [0.1, 0.15) is 10.4 Å². The average molecular weight is 230 g/mol. The highest BCUT2D eigenvalue weighted by molar-refractivity contribution is 6.18. The van der Waals surface area contributed by atoms with Gasteiger partial charge in [0.15, 0.2) is 0 Å². The minimum atomic E-state index is -0.0438. The summed E-state index contributed by atoms with van der Waals surface area (Å²) >= 11 is 5.78. The number of rotatable bonds is 2. The van der Waals surface area contributed by atoms with Crippen molar-refractivity contribution in [2.45, 2.75) is 6.04 Å². The topological polar surface area (TPSA) is 42.7 Å². The van der Waals surface area contributed by atoms with Crippen LogP contribution in [0.2, 0.25) is 0 Å². The summed E-state index contributed by atoms with van der Waals surface area (Å²) in [6, 6.07) is 1.62. The van der Waals surface area contributed by atoms with Crippen molar-refractivity contribution >= 4 is 17.5 Å². The van der Waals surface area contributed by atoms with Gasteiger partial charge in [-0.25, -0.2) is 0 Å². The van der Waals surface area contributed by atoms with E-state index in [2.05, 4.69) is 0 Å². The molecule has 0 spiro atoms. The van der Waals surface area contributed by atoms with Gasteiger partial charge in [-0.1, -0.05) is 0 Å². The molecule has 1 aliphatic rings. The minimum absolute atomic E-state index is 0.0391. The molecule has 0 saturated carbocycles. The Kier molecular flexibility index (Phi) is 3.28. The van der Waals surface area contributed by atoms with Gasteiger partial charge in [-0.05, 0) is 6.07 Å². The highest BCUT2D eigenvalue weighted by Crippen LogP contribution is 2.13. The van der Waals surface area contributed by atoms with Crippen LogP contribution in [0.5, 0.6) is 0 Å². The smallest absolute Gasteiger partial charge is 0.257 e. The number of furan rings is 1. The Morgan fingerprint density at radius 3 is 3.20 bits per heavy atom. The maximum absolute atomic E-state index is 12.0. The van der Waals surface area contributed by atoms with Crippen molar-refractivity contribution < 1.29 is 13.9 Å². The minimum Gasteiger partial charge on any atom is -0.472 e. The molecule has 0 aliphatic carbocycles. The molecule has 1 fully saturated rings. The van der Waals surface area contributed by atoms with E-state index < -0.39 is 0 Å². The van der Waals surface area contributed by atoms with Gasteiger partial charge in [-0.15, -0.1) is 11.6 Å². The zero-order chi connectivity index (χ0) is 10.7. The highest BCUT2D eigenvalue weighted by Gasteiger charge is 2.27. The molecule has 1 aromatic rings. The Morgan fingerprint density at radius 2 is 2.53 bits per heavy atom. The molecular weight excluding hydrogens is 218 g/mol. The Bertz CT molecular complexity index is 325. The Balaban J connectivity index is 2.11. The van der Waals surface area contributed by atoms with Crippen LogP contribution in [0, 0.1) is 0 Å². The van der Waals surface area contributed by atoms with Crippen molar-refractivity contribution in [1.29, 1.82) is 0 Å². The predicted molar refractivity (Wildman–Crippen MR) is 55.1 cm³/mol. The standard InChI is InChI=1S/C10H12ClNO3/c11-5-9-7-15-4-2-12(9)10(13)8-1-3-14-6-8/h1,3,6,9H,2,4-5,7H2. The molecule has 0 N–H and O–H groups in total. The molecule has 0 bridgehead atoms. The van der Waals surface area contributed by atoms with E-state index in [1.54, 1.807) is 11.0 Å². The van der Waals surface area contributed by atoms with E-state index in [0.29, 0.717) is 31.2 Å². The first kappa shape index (κ1) is 10.5. The fraction of sp³-hybridized carbons (Fsp3) is 0.500. The summed E-state index contributed by atoms with van der Waals surface area (Å²) in [5.41, 5.74) is 0.562. The van der Waals surface area contributed by atoms with Crippen molar-refractivity contribution in [2.24, 2.45) is 0 Å². The van der Waals surface area contributed by atoms with Crippen LogP contribution in [-0.2, 0) is 4.74 Å². The number of amides is 1. The van der Waals surface area contributed by atoms with Crippen LogP contribution >= 0.6 is 11.6 Å². The third-order valence-corrected chi connectivity index (χ3v) is 2.79. The molecular formula is C10H12ClNO3. The molecule has 15 heavy (non-hydrogen) atoms. The molecule has 1 saturated heterocycles. The van der Waals surface area contributed by atoms with Crippen LogP contribution in [0.25, 0.3) is 0 Å². The van der Waals surface area contributed by atoms with E-state index in [4.69, 9.17) is 20.8 Å². The number of alkyl halides is 1. The first-order chi connectivity index (χ1) is 7.33. The molecule has 1 amide bonds. The third-order valence-electron chi connectivity index (χ3n) is 2.43. The number of carbonyl (C=O) groups is 1. The van der Waals surface area contributed by atoms with Gasteiger partial charge in [-0.3, -0.25) is 4.79 Å². The van der Waals surface area contributed by atoms with Gasteiger partial charge in [0.1, 0.15) is 6.26 Å². The zero-order valence-corrected chi connectivity index (χ0v) is 8.94. The van der Waals surface area contributed by atoms with Crippen molar-refractivity contribution in [3.8, 4) is 0 Å². The van der Waals surface area contributed by atoms with Crippen molar-refractivity contribution in [3.05, 3.63) is 24.2 Å². The van der Waals surface area contributed by atoms with E-state index >= 15 is 0 Å². The fourth-order valence-corrected chi connectivity index (χ4v) is 1.86. The number of hydrogen-bond donors (Lipinski definition) is 0. The van der Waals surface area contributed by atoms with Crippen LogP contribution in [-0.4, -0.2) is 42.5 Å².